The first-order chi connectivity index (χ1) is 7.40. The van der Waals surface area contributed by atoms with Crippen LogP contribution in [-0.2, 0) is 11.2 Å². The van der Waals surface area contributed by atoms with Gasteiger partial charge in [-0.15, -0.1) is 0 Å². The molecule has 0 aliphatic rings. The van der Waals surface area contributed by atoms with Crippen molar-refractivity contribution < 1.29 is 27.8 Å². The van der Waals surface area contributed by atoms with Crippen molar-refractivity contribution in [2.45, 2.75) is 13.0 Å². The zero-order chi connectivity index (χ0) is 12.3. The van der Waals surface area contributed by atoms with E-state index >= 15 is 0 Å². The van der Waals surface area contributed by atoms with Crippen LogP contribution in [0.1, 0.15) is 5.56 Å². The summed E-state index contributed by atoms with van der Waals surface area (Å²) in [6.07, 6.45) is -0.573. The molecule has 0 heterocycles. The highest BCUT2D eigenvalue weighted by molar-refractivity contribution is 6.31. The lowest BCUT2D eigenvalue weighted by Gasteiger charge is -2.08. The van der Waals surface area contributed by atoms with E-state index in [2.05, 4.69) is 4.74 Å². The molecule has 1 N–H and O–H groups in total. The SMILES string of the molecule is O=C(O)Cc1cc(OC(F)F)cc(F)c1Cl. The van der Waals surface area contributed by atoms with Gasteiger partial charge in [0.15, 0.2) is 0 Å². The van der Waals surface area contributed by atoms with Gasteiger partial charge in [-0.3, -0.25) is 4.79 Å². The number of aliphatic carboxylic acids is 1. The Labute approximate surface area is 93.4 Å². The quantitative estimate of drug-likeness (QED) is 0.899. The van der Waals surface area contributed by atoms with Crippen LogP contribution in [0.15, 0.2) is 12.1 Å². The number of carboxylic acid groups (broad SMARTS) is 1. The maximum Gasteiger partial charge on any atom is 0.387 e. The average molecular weight is 255 g/mol. The number of ether oxygens (including phenoxy) is 1. The first-order valence-corrected chi connectivity index (χ1v) is 4.42. The predicted octanol–water partition coefficient (Wildman–Crippen LogP) is 2.71. The number of carboxylic acids is 1. The van der Waals surface area contributed by atoms with Crippen molar-refractivity contribution in [3.63, 3.8) is 0 Å². The molecule has 0 aromatic heterocycles. The van der Waals surface area contributed by atoms with Crippen LogP contribution in [0.25, 0.3) is 0 Å². The number of hydrogen-bond donors (Lipinski definition) is 1. The third-order valence-electron chi connectivity index (χ3n) is 1.64. The monoisotopic (exact) mass is 254 g/mol. The van der Waals surface area contributed by atoms with Crippen LogP contribution in [-0.4, -0.2) is 17.7 Å². The third kappa shape index (κ3) is 3.30. The van der Waals surface area contributed by atoms with Crippen molar-refractivity contribution >= 4 is 17.6 Å². The van der Waals surface area contributed by atoms with Gasteiger partial charge in [0, 0.05) is 6.07 Å². The second-order valence-electron chi connectivity index (χ2n) is 2.83. The van der Waals surface area contributed by atoms with Gasteiger partial charge in [-0.25, -0.2) is 4.39 Å². The molecule has 0 radical (unpaired) electrons. The zero-order valence-electron chi connectivity index (χ0n) is 7.71. The van der Waals surface area contributed by atoms with Crippen LogP contribution >= 0.6 is 11.6 Å². The molecule has 0 aliphatic carbocycles. The number of carbonyl (C=O) groups is 1. The molecule has 0 unspecified atom stereocenters. The number of benzene rings is 1. The number of alkyl halides is 2. The van der Waals surface area contributed by atoms with Gasteiger partial charge in [-0.05, 0) is 11.6 Å². The lowest BCUT2D eigenvalue weighted by molar-refractivity contribution is -0.136. The molecule has 0 aliphatic heterocycles. The molecule has 16 heavy (non-hydrogen) atoms. The smallest absolute Gasteiger partial charge is 0.387 e. The molecule has 88 valence electrons. The van der Waals surface area contributed by atoms with E-state index < -0.39 is 35.6 Å². The van der Waals surface area contributed by atoms with Crippen molar-refractivity contribution in [1.29, 1.82) is 0 Å². The largest absolute Gasteiger partial charge is 0.481 e. The Morgan fingerprint density at radius 2 is 2.12 bits per heavy atom. The minimum Gasteiger partial charge on any atom is -0.481 e. The molecule has 0 saturated carbocycles. The fraction of sp³-hybridized carbons (Fsp3) is 0.222. The van der Waals surface area contributed by atoms with Gasteiger partial charge in [-0.1, -0.05) is 11.6 Å². The van der Waals surface area contributed by atoms with Gasteiger partial charge >= 0.3 is 12.6 Å². The predicted molar refractivity (Wildman–Crippen MR) is 49.4 cm³/mol. The summed E-state index contributed by atoms with van der Waals surface area (Å²) in [6, 6.07) is 1.63. The standard InChI is InChI=1S/C9H6ClF3O3/c10-8-4(2-7(14)15)1-5(3-6(8)11)16-9(12)13/h1,3,9H,2H2,(H,14,15). The summed E-state index contributed by atoms with van der Waals surface area (Å²) in [6.45, 7) is -3.11. The third-order valence-corrected chi connectivity index (χ3v) is 2.07. The van der Waals surface area contributed by atoms with Crippen molar-refractivity contribution in [2.24, 2.45) is 0 Å². The van der Waals surface area contributed by atoms with Crippen molar-refractivity contribution in [2.75, 3.05) is 0 Å². The molecule has 0 spiro atoms. The number of halogens is 4. The molecule has 0 atom stereocenters. The van der Waals surface area contributed by atoms with Crippen LogP contribution in [0.5, 0.6) is 5.75 Å². The average Bonchev–Trinajstić information content (AvgIpc) is 2.11. The summed E-state index contributed by atoms with van der Waals surface area (Å²) in [4.78, 5) is 10.4. The molecule has 0 fully saturated rings. The Morgan fingerprint density at radius 1 is 1.50 bits per heavy atom. The van der Waals surface area contributed by atoms with E-state index in [1.54, 1.807) is 0 Å². The fourth-order valence-electron chi connectivity index (χ4n) is 1.08. The summed E-state index contributed by atoms with van der Waals surface area (Å²) in [7, 11) is 0. The van der Waals surface area contributed by atoms with Crippen molar-refractivity contribution in [3.8, 4) is 5.75 Å². The van der Waals surface area contributed by atoms with Crippen molar-refractivity contribution in [1.82, 2.24) is 0 Å². The summed E-state index contributed by atoms with van der Waals surface area (Å²) < 4.78 is 40.7. The molecule has 1 aromatic carbocycles. The Kier molecular flexibility index (Phi) is 4.00. The minimum absolute atomic E-state index is 0.121. The maximum atomic E-state index is 13.1. The van der Waals surface area contributed by atoms with Crippen LogP contribution < -0.4 is 4.74 Å². The molecule has 7 heteroatoms. The minimum atomic E-state index is -3.11. The molecular weight excluding hydrogens is 249 g/mol. The topological polar surface area (TPSA) is 46.5 Å². The molecule has 0 amide bonds. The van der Waals surface area contributed by atoms with Gasteiger partial charge in [0.25, 0.3) is 0 Å². The first-order valence-electron chi connectivity index (χ1n) is 4.04. The van der Waals surface area contributed by atoms with Crippen LogP contribution in [0.3, 0.4) is 0 Å². The fourth-order valence-corrected chi connectivity index (χ4v) is 1.26. The lowest BCUT2D eigenvalue weighted by atomic mass is 10.1. The van der Waals surface area contributed by atoms with Gasteiger partial charge in [0.2, 0.25) is 0 Å². The Bertz CT molecular complexity index is 409. The second kappa shape index (κ2) is 5.07. The Morgan fingerprint density at radius 3 is 2.62 bits per heavy atom. The Balaban J connectivity index is 3.06. The van der Waals surface area contributed by atoms with E-state index in [9.17, 15) is 18.0 Å². The van der Waals surface area contributed by atoms with Crippen LogP contribution in [0.2, 0.25) is 5.02 Å². The zero-order valence-corrected chi connectivity index (χ0v) is 8.47. The van der Waals surface area contributed by atoms with Crippen molar-refractivity contribution in [3.05, 3.63) is 28.5 Å². The molecule has 1 rings (SSSR count). The summed E-state index contributed by atoms with van der Waals surface area (Å²) in [5.41, 5.74) is -0.121. The highest BCUT2D eigenvalue weighted by atomic mass is 35.5. The Hall–Kier alpha value is -1.43. The van der Waals surface area contributed by atoms with E-state index in [0.29, 0.717) is 6.07 Å². The molecule has 1 aromatic rings. The van der Waals surface area contributed by atoms with E-state index in [1.807, 2.05) is 0 Å². The number of hydrogen-bond acceptors (Lipinski definition) is 2. The van der Waals surface area contributed by atoms with Crippen LogP contribution in [0, 0.1) is 5.82 Å². The van der Waals surface area contributed by atoms with E-state index in [1.165, 1.54) is 0 Å². The first kappa shape index (κ1) is 12.6. The van der Waals surface area contributed by atoms with E-state index in [-0.39, 0.29) is 5.56 Å². The van der Waals surface area contributed by atoms with Gasteiger partial charge in [0.05, 0.1) is 11.4 Å². The summed E-state index contributed by atoms with van der Waals surface area (Å²) in [5, 5.41) is 8.07. The maximum absolute atomic E-state index is 13.1. The second-order valence-corrected chi connectivity index (χ2v) is 3.21. The number of rotatable bonds is 4. The summed E-state index contributed by atoms with van der Waals surface area (Å²) in [5.74, 6) is -2.72. The summed E-state index contributed by atoms with van der Waals surface area (Å²) >= 11 is 5.46. The van der Waals surface area contributed by atoms with Crippen LogP contribution in [0.4, 0.5) is 13.2 Å². The normalized spacial score (nSPS) is 10.6. The lowest BCUT2D eigenvalue weighted by Crippen LogP contribution is -2.05. The molecule has 0 saturated heterocycles. The van der Waals surface area contributed by atoms with E-state index in [4.69, 9.17) is 16.7 Å². The molecule has 0 bridgehead atoms. The van der Waals surface area contributed by atoms with Gasteiger partial charge in [-0.2, -0.15) is 8.78 Å². The van der Waals surface area contributed by atoms with Gasteiger partial charge < -0.3 is 9.84 Å². The van der Waals surface area contributed by atoms with Gasteiger partial charge in [0.1, 0.15) is 11.6 Å². The van der Waals surface area contributed by atoms with E-state index in [0.717, 1.165) is 6.07 Å². The molecule has 3 nitrogen and oxygen atoms in total. The highest BCUT2D eigenvalue weighted by Crippen LogP contribution is 2.27. The highest BCUT2D eigenvalue weighted by Gasteiger charge is 2.14. The molecular formula is C9H6ClF3O3.